The van der Waals surface area contributed by atoms with Crippen molar-refractivity contribution in [2.45, 2.75) is 25.1 Å². The van der Waals surface area contributed by atoms with Crippen molar-refractivity contribution in [1.29, 1.82) is 0 Å². The first kappa shape index (κ1) is 14.5. The quantitative estimate of drug-likeness (QED) is 0.926. The Balaban J connectivity index is 1.97. The lowest BCUT2D eigenvalue weighted by atomic mass is 9.99. The van der Waals surface area contributed by atoms with Gasteiger partial charge < -0.3 is 5.73 Å². The summed E-state index contributed by atoms with van der Waals surface area (Å²) in [7, 11) is 0. The van der Waals surface area contributed by atoms with E-state index in [9.17, 15) is 13.2 Å². The normalized spacial score (nSPS) is 13.2. The third kappa shape index (κ3) is 3.81. The van der Waals surface area contributed by atoms with Crippen LogP contribution in [0.25, 0.3) is 0 Å². The van der Waals surface area contributed by atoms with Gasteiger partial charge in [-0.2, -0.15) is 13.2 Å². The Bertz CT molecular complexity index is 535. The van der Waals surface area contributed by atoms with Crippen molar-refractivity contribution in [3.05, 3.63) is 65.5 Å². The SMILES string of the molecule is NC(CCc1cccnc1)c1ccc(C(F)(F)F)cc1. The fraction of sp³-hybridized carbons (Fsp3) is 0.267. The van der Waals surface area contributed by atoms with Crippen LogP contribution in [0.3, 0.4) is 0 Å². The number of aromatic nitrogens is 1. The number of nitrogens with two attached hydrogens (primary N) is 1. The van der Waals surface area contributed by atoms with Gasteiger partial charge in [0.15, 0.2) is 0 Å². The average Bonchev–Trinajstić information content (AvgIpc) is 2.45. The number of benzene rings is 1. The maximum atomic E-state index is 12.5. The Kier molecular flexibility index (Phi) is 4.39. The molecule has 1 heterocycles. The van der Waals surface area contributed by atoms with Crippen LogP contribution in [0.4, 0.5) is 13.2 Å². The Morgan fingerprint density at radius 2 is 1.80 bits per heavy atom. The number of alkyl halides is 3. The molecular formula is C15H15F3N2. The summed E-state index contributed by atoms with van der Waals surface area (Å²) in [6.07, 6.45) is 0.560. The fourth-order valence-electron chi connectivity index (χ4n) is 1.95. The first-order chi connectivity index (χ1) is 9.47. The lowest BCUT2D eigenvalue weighted by Crippen LogP contribution is -2.12. The molecule has 1 aromatic heterocycles. The summed E-state index contributed by atoms with van der Waals surface area (Å²) < 4.78 is 37.4. The van der Waals surface area contributed by atoms with Crippen molar-refractivity contribution in [3.8, 4) is 0 Å². The van der Waals surface area contributed by atoms with Crippen molar-refractivity contribution >= 4 is 0 Å². The Labute approximate surface area is 115 Å². The molecule has 5 heteroatoms. The molecule has 0 spiro atoms. The third-order valence-electron chi connectivity index (χ3n) is 3.13. The van der Waals surface area contributed by atoms with E-state index in [1.54, 1.807) is 12.4 Å². The maximum Gasteiger partial charge on any atom is 0.416 e. The summed E-state index contributed by atoms with van der Waals surface area (Å²) in [5.74, 6) is 0. The minimum absolute atomic E-state index is 0.280. The van der Waals surface area contributed by atoms with Crippen LogP contribution in [-0.2, 0) is 12.6 Å². The zero-order valence-corrected chi connectivity index (χ0v) is 10.8. The van der Waals surface area contributed by atoms with Crippen LogP contribution in [0.5, 0.6) is 0 Å². The summed E-state index contributed by atoms with van der Waals surface area (Å²) in [5.41, 5.74) is 7.12. The van der Waals surface area contributed by atoms with Gasteiger partial charge in [-0.15, -0.1) is 0 Å². The molecule has 1 unspecified atom stereocenters. The molecule has 0 amide bonds. The second-order valence-corrected chi connectivity index (χ2v) is 4.63. The van der Waals surface area contributed by atoms with E-state index in [4.69, 9.17) is 5.73 Å². The van der Waals surface area contributed by atoms with Crippen LogP contribution >= 0.6 is 0 Å². The smallest absolute Gasteiger partial charge is 0.324 e. The molecule has 0 aliphatic heterocycles. The van der Waals surface area contributed by atoms with Crippen LogP contribution in [-0.4, -0.2) is 4.98 Å². The molecule has 0 aliphatic carbocycles. The number of pyridine rings is 1. The monoisotopic (exact) mass is 280 g/mol. The van der Waals surface area contributed by atoms with Crippen LogP contribution in [0, 0.1) is 0 Å². The molecule has 2 nitrogen and oxygen atoms in total. The summed E-state index contributed by atoms with van der Waals surface area (Å²) in [6.45, 7) is 0. The molecule has 0 fully saturated rings. The maximum absolute atomic E-state index is 12.5. The van der Waals surface area contributed by atoms with Gasteiger partial charge in [-0.25, -0.2) is 0 Å². The number of aryl methyl sites for hydroxylation is 1. The van der Waals surface area contributed by atoms with Crippen molar-refractivity contribution in [2.24, 2.45) is 5.73 Å². The Morgan fingerprint density at radius 3 is 2.35 bits per heavy atom. The number of hydrogen-bond donors (Lipinski definition) is 1. The molecule has 2 rings (SSSR count). The van der Waals surface area contributed by atoms with E-state index in [2.05, 4.69) is 4.98 Å². The molecule has 2 N–H and O–H groups in total. The van der Waals surface area contributed by atoms with Gasteiger partial charge in [0.2, 0.25) is 0 Å². The van der Waals surface area contributed by atoms with Gasteiger partial charge in [-0.3, -0.25) is 4.98 Å². The van der Waals surface area contributed by atoms with E-state index in [1.807, 2.05) is 12.1 Å². The van der Waals surface area contributed by atoms with Gasteiger partial charge in [-0.05, 0) is 42.2 Å². The van der Waals surface area contributed by atoms with Crippen LogP contribution in [0.1, 0.15) is 29.2 Å². The van der Waals surface area contributed by atoms with Gasteiger partial charge in [0, 0.05) is 18.4 Å². The van der Waals surface area contributed by atoms with Gasteiger partial charge in [-0.1, -0.05) is 18.2 Å². The number of rotatable bonds is 4. The largest absolute Gasteiger partial charge is 0.416 e. The summed E-state index contributed by atoms with van der Waals surface area (Å²) >= 11 is 0. The average molecular weight is 280 g/mol. The van der Waals surface area contributed by atoms with Crippen LogP contribution in [0.15, 0.2) is 48.8 Å². The van der Waals surface area contributed by atoms with E-state index in [-0.39, 0.29) is 6.04 Å². The van der Waals surface area contributed by atoms with Crippen LogP contribution in [0.2, 0.25) is 0 Å². The van der Waals surface area contributed by atoms with Gasteiger partial charge in [0.1, 0.15) is 0 Å². The van der Waals surface area contributed by atoms with Crippen molar-refractivity contribution in [3.63, 3.8) is 0 Å². The van der Waals surface area contributed by atoms with Crippen molar-refractivity contribution < 1.29 is 13.2 Å². The lowest BCUT2D eigenvalue weighted by Gasteiger charge is -2.13. The molecular weight excluding hydrogens is 265 g/mol. The summed E-state index contributed by atoms with van der Waals surface area (Å²) in [5, 5.41) is 0. The number of halogens is 3. The van der Waals surface area contributed by atoms with E-state index >= 15 is 0 Å². The first-order valence-electron chi connectivity index (χ1n) is 6.28. The topological polar surface area (TPSA) is 38.9 Å². The molecule has 0 radical (unpaired) electrons. The number of hydrogen-bond acceptors (Lipinski definition) is 2. The van der Waals surface area contributed by atoms with E-state index in [0.29, 0.717) is 12.0 Å². The van der Waals surface area contributed by atoms with E-state index in [0.717, 1.165) is 24.1 Å². The minimum atomic E-state index is -4.31. The van der Waals surface area contributed by atoms with Gasteiger partial charge >= 0.3 is 6.18 Å². The molecule has 0 aliphatic rings. The summed E-state index contributed by atoms with van der Waals surface area (Å²) in [6, 6.07) is 8.54. The van der Waals surface area contributed by atoms with E-state index < -0.39 is 11.7 Å². The first-order valence-corrected chi connectivity index (χ1v) is 6.28. The zero-order chi connectivity index (χ0) is 14.6. The standard InChI is InChI=1S/C15H15F3N2/c16-15(17,18)13-6-4-12(5-7-13)14(19)8-3-11-2-1-9-20-10-11/h1-2,4-7,9-10,14H,3,8,19H2. The molecule has 106 valence electrons. The molecule has 1 atom stereocenters. The molecule has 0 bridgehead atoms. The highest BCUT2D eigenvalue weighted by molar-refractivity contribution is 5.26. The molecule has 0 saturated carbocycles. The second kappa shape index (κ2) is 6.05. The molecule has 20 heavy (non-hydrogen) atoms. The van der Waals surface area contributed by atoms with Crippen molar-refractivity contribution in [2.75, 3.05) is 0 Å². The predicted molar refractivity (Wildman–Crippen MR) is 70.9 cm³/mol. The summed E-state index contributed by atoms with van der Waals surface area (Å²) in [4.78, 5) is 4.01. The second-order valence-electron chi connectivity index (χ2n) is 4.63. The Morgan fingerprint density at radius 1 is 1.10 bits per heavy atom. The fourth-order valence-corrected chi connectivity index (χ4v) is 1.95. The Hall–Kier alpha value is -1.88. The highest BCUT2D eigenvalue weighted by Gasteiger charge is 2.30. The van der Waals surface area contributed by atoms with E-state index in [1.165, 1.54) is 12.1 Å². The van der Waals surface area contributed by atoms with Crippen molar-refractivity contribution in [1.82, 2.24) is 4.98 Å². The third-order valence-corrected chi connectivity index (χ3v) is 3.13. The van der Waals surface area contributed by atoms with Gasteiger partial charge in [0.05, 0.1) is 5.56 Å². The predicted octanol–water partition coefficient (Wildman–Crippen LogP) is 3.73. The van der Waals surface area contributed by atoms with Crippen LogP contribution < -0.4 is 5.73 Å². The number of nitrogens with zero attached hydrogens (tertiary/aromatic N) is 1. The lowest BCUT2D eigenvalue weighted by molar-refractivity contribution is -0.137. The zero-order valence-electron chi connectivity index (χ0n) is 10.8. The molecule has 2 aromatic rings. The van der Waals surface area contributed by atoms with Gasteiger partial charge in [0.25, 0.3) is 0 Å². The highest BCUT2D eigenvalue weighted by Crippen LogP contribution is 2.30. The highest BCUT2D eigenvalue weighted by atomic mass is 19.4. The molecule has 0 saturated heterocycles. The molecule has 1 aromatic carbocycles. The minimum Gasteiger partial charge on any atom is -0.324 e.